The van der Waals surface area contributed by atoms with Crippen LogP contribution in [0.1, 0.15) is 49.5 Å². The van der Waals surface area contributed by atoms with E-state index in [0.717, 1.165) is 10.9 Å². The monoisotopic (exact) mass is 404 g/mol. The SMILES string of the molecule is Cc1nc(SCC2=NS(=O)(=O)c3ccccc3N2)n(C2CCCCC2)c1C. The summed E-state index contributed by atoms with van der Waals surface area (Å²) in [7, 11) is -3.64. The molecule has 1 aromatic heterocycles. The molecule has 2 aromatic rings. The first kappa shape index (κ1) is 18.6. The molecular weight excluding hydrogens is 380 g/mol. The van der Waals surface area contributed by atoms with Crippen molar-refractivity contribution in [2.75, 3.05) is 11.1 Å². The molecule has 0 saturated heterocycles. The van der Waals surface area contributed by atoms with E-state index in [1.165, 1.54) is 37.8 Å². The van der Waals surface area contributed by atoms with Crippen LogP contribution in [0.2, 0.25) is 0 Å². The van der Waals surface area contributed by atoms with E-state index in [1.54, 1.807) is 30.0 Å². The molecule has 1 aliphatic carbocycles. The van der Waals surface area contributed by atoms with Crippen LogP contribution in [-0.4, -0.2) is 29.6 Å². The van der Waals surface area contributed by atoms with Crippen molar-refractivity contribution in [2.45, 2.75) is 62.0 Å². The van der Waals surface area contributed by atoms with Gasteiger partial charge in [0, 0.05) is 11.7 Å². The molecule has 0 radical (unpaired) electrons. The van der Waals surface area contributed by atoms with Crippen molar-refractivity contribution in [2.24, 2.45) is 4.40 Å². The summed E-state index contributed by atoms with van der Waals surface area (Å²) in [6.07, 6.45) is 6.20. The summed E-state index contributed by atoms with van der Waals surface area (Å²) in [6, 6.07) is 7.37. The highest BCUT2D eigenvalue weighted by atomic mass is 32.2. The first-order valence-corrected chi connectivity index (χ1v) is 11.8. The molecule has 1 aromatic carbocycles. The lowest BCUT2D eigenvalue weighted by molar-refractivity contribution is 0.332. The second-order valence-electron chi connectivity index (χ2n) is 7.15. The summed E-state index contributed by atoms with van der Waals surface area (Å²) in [6.45, 7) is 4.16. The lowest BCUT2D eigenvalue weighted by Gasteiger charge is -2.26. The van der Waals surface area contributed by atoms with Crippen molar-refractivity contribution in [1.82, 2.24) is 9.55 Å². The number of nitrogens with one attached hydrogen (secondary N) is 1. The fourth-order valence-corrected chi connectivity index (χ4v) is 6.09. The number of aryl methyl sites for hydroxylation is 1. The Morgan fingerprint density at radius 2 is 1.93 bits per heavy atom. The number of nitrogens with zero attached hydrogens (tertiary/aromatic N) is 3. The van der Waals surface area contributed by atoms with E-state index >= 15 is 0 Å². The zero-order valence-electron chi connectivity index (χ0n) is 15.6. The molecule has 2 aliphatic rings. The molecule has 0 spiro atoms. The first-order valence-electron chi connectivity index (χ1n) is 9.34. The number of hydrogen-bond donors (Lipinski definition) is 1. The molecule has 6 nitrogen and oxygen atoms in total. The van der Waals surface area contributed by atoms with Gasteiger partial charge in [0.25, 0.3) is 10.0 Å². The fraction of sp³-hybridized carbons (Fsp3) is 0.474. The number of imidazole rings is 1. The largest absolute Gasteiger partial charge is 0.341 e. The Morgan fingerprint density at radius 3 is 2.70 bits per heavy atom. The Morgan fingerprint density at radius 1 is 1.19 bits per heavy atom. The van der Waals surface area contributed by atoms with Gasteiger partial charge in [0.15, 0.2) is 5.16 Å². The fourth-order valence-electron chi connectivity index (χ4n) is 3.83. The highest BCUT2D eigenvalue weighted by Gasteiger charge is 2.26. The Kier molecular flexibility index (Phi) is 5.03. The minimum Gasteiger partial charge on any atom is -0.341 e. The van der Waals surface area contributed by atoms with Crippen LogP contribution in [0.15, 0.2) is 38.7 Å². The zero-order valence-corrected chi connectivity index (χ0v) is 17.2. The van der Waals surface area contributed by atoms with Crippen LogP contribution < -0.4 is 5.32 Å². The molecule has 8 heteroatoms. The topological polar surface area (TPSA) is 76.3 Å². The number of fused-ring (bicyclic) bond motifs is 1. The second-order valence-corrected chi connectivity index (χ2v) is 9.66. The Balaban J connectivity index is 1.56. The number of anilines is 1. The van der Waals surface area contributed by atoms with Crippen molar-refractivity contribution < 1.29 is 8.42 Å². The average Bonchev–Trinajstić information content (AvgIpc) is 2.94. The molecule has 2 heterocycles. The van der Waals surface area contributed by atoms with Gasteiger partial charge < -0.3 is 9.88 Å². The van der Waals surface area contributed by atoms with E-state index in [-0.39, 0.29) is 4.90 Å². The number of sulfonamides is 1. The molecule has 1 fully saturated rings. The van der Waals surface area contributed by atoms with Crippen molar-refractivity contribution in [1.29, 1.82) is 0 Å². The van der Waals surface area contributed by atoms with Crippen LogP contribution in [0.5, 0.6) is 0 Å². The quantitative estimate of drug-likeness (QED) is 0.769. The summed E-state index contributed by atoms with van der Waals surface area (Å²) in [5.74, 6) is 0.892. The van der Waals surface area contributed by atoms with Gasteiger partial charge in [0.05, 0.1) is 17.1 Å². The molecule has 27 heavy (non-hydrogen) atoms. The minimum atomic E-state index is -3.64. The normalized spacial score (nSPS) is 19.3. The van der Waals surface area contributed by atoms with E-state index in [0.29, 0.717) is 23.3 Å². The Labute approximate surface area is 164 Å². The number of amidine groups is 1. The predicted octanol–water partition coefficient (Wildman–Crippen LogP) is 4.31. The summed E-state index contributed by atoms with van der Waals surface area (Å²) in [5.41, 5.74) is 2.84. The van der Waals surface area contributed by atoms with Crippen LogP contribution in [-0.2, 0) is 10.0 Å². The number of para-hydroxylation sites is 1. The molecule has 0 bridgehead atoms. The van der Waals surface area contributed by atoms with Gasteiger partial charge in [0.2, 0.25) is 0 Å². The van der Waals surface area contributed by atoms with Gasteiger partial charge in [-0.3, -0.25) is 0 Å². The van der Waals surface area contributed by atoms with E-state index in [9.17, 15) is 8.42 Å². The molecule has 144 valence electrons. The molecule has 0 unspecified atom stereocenters. The third-order valence-corrected chi connectivity index (χ3v) is 7.64. The van der Waals surface area contributed by atoms with Gasteiger partial charge >= 0.3 is 0 Å². The highest BCUT2D eigenvalue weighted by molar-refractivity contribution is 8.00. The lowest BCUT2D eigenvalue weighted by Crippen LogP contribution is -2.23. The summed E-state index contributed by atoms with van der Waals surface area (Å²) in [5, 5.41) is 4.11. The van der Waals surface area contributed by atoms with Crippen molar-refractivity contribution in [3.8, 4) is 0 Å². The van der Waals surface area contributed by atoms with Crippen LogP contribution in [0, 0.1) is 13.8 Å². The zero-order chi connectivity index (χ0) is 19.0. The summed E-state index contributed by atoms with van der Waals surface area (Å²) in [4.78, 5) is 4.97. The first-order chi connectivity index (χ1) is 13.0. The van der Waals surface area contributed by atoms with E-state index in [4.69, 9.17) is 4.98 Å². The number of benzene rings is 1. The van der Waals surface area contributed by atoms with Gasteiger partial charge in [-0.1, -0.05) is 43.2 Å². The number of thioether (sulfide) groups is 1. The molecule has 0 amide bonds. The average molecular weight is 405 g/mol. The van der Waals surface area contributed by atoms with Crippen molar-refractivity contribution in [3.05, 3.63) is 35.7 Å². The van der Waals surface area contributed by atoms with Crippen LogP contribution in [0.3, 0.4) is 0 Å². The van der Waals surface area contributed by atoms with E-state index in [2.05, 4.69) is 21.2 Å². The third-order valence-electron chi connectivity index (χ3n) is 5.31. The lowest BCUT2D eigenvalue weighted by atomic mass is 9.95. The van der Waals surface area contributed by atoms with Crippen LogP contribution >= 0.6 is 11.8 Å². The number of hydrogen-bond acceptors (Lipinski definition) is 5. The molecule has 4 rings (SSSR count). The minimum absolute atomic E-state index is 0.231. The van der Waals surface area contributed by atoms with Gasteiger partial charge in [-0.25, -0.2) is 4.98 Å². The van der Waals surface area contributed by atoms with Crippen LogP contribution in [0.4, 0.5) is 5.69 Å². The van der Waals surface area contributed by atoms with E-state index < -0.39 is 10.0 Å². The highest BCUT2D eigenvalue weighted by Crippen LogP contribution is 2.35. The maximum atomic E-state index is 12.4. The molecular formula is C19H24N4O2S2. The van der Waals surface area contributed by atoms with Gasteiger partial charge in [-0.05, 0) is 38.8 Å². The van der Waals surface area contributed by atoms with Crippen molar-refractivity contribution >= 4 is 33.3 Å². The third kappa shape index (κ3) is 3.65. The molecule has 1 saturated carbocycles. The van der Waals surface area contributed by atoms with Crippen molar-refractivity contribution in [3.63, 3.8) is 0 Å². The number of aromatic nitrogens is 2. The standard InChI is InChI=1S/C19H24N4O2S2/c1-13-14(2)23(15-8-4-3-5-9-15)19(20-13)26-12-18-21-16-10-6-7-11-17(16)27(24,25)22-18/h6-7,10-11,15H,3-5,8-9,12H2,1-2H3,(H,21,22). The molecule has 1 aliphatic heterocycles. The van der Waals surface area contributed by atoms with Crippen LogP contribution in [0.25, 0.3) is 0 Å². The smallest absolute Gasteiger partial charge is 0.286 e. The Hall–Kier alpha value is -1.80. The summed E-state index contributed by atoms with van der Waals surface area (Å²) >= 11 is 1.55. The molecule has 0 atom stereocenters. The maximum Gasteiger partial charge on any atom is 0.286 e. The predicted molar refractivity (Wildman–Crippen MR) is 109 cm³/mol. The maximum absolute atomic E-state index is 12.4. The second kappa shape index (κ2) is 7.31. The Bertz CT molecular complexity index is 989. The van der Waals surface area contributed by atoms with Gasteiger partial charge in [0.1, 0.15) is 10.7 Å². The summed E-state index contributed by atoms with van der Waals surface area (Å²) < 4.78 is 31.1. The molecule has 1 N–H and O–H groups in total. The number of rotatable bonds is 4. The van der Waals surface area contributed by atoms with Gasteiger partial charge in [-0.2, -0.15) is 8.42 Å². The van der Waals surface area contributed by atoms with Gasteiger partial charge in [-0.15, -0.1) is 4.40 Å². The van der Waals surface area contributed by atoms with E-state index in [1.807, 2.05) is 13.0 Å².